The van der Waals surface area contributed by atoms with Gasteiger partial charge in [-0.05, 0) is 59.5 Å². The van der Waals surface area contributed by atoms with Gasteiger partial charge in [-0.2, -0.15) is 0 Å². The van der Waals surface area contributed by atoms with Crippen LogP contribution in [0.2, 0.25) is 0 Å². The maximum atomic E-state index is 10.9. The standard InChI is InChI=1S/C30H30O14/c1-2-18-3-21(39-12-19-5-23(41-14-27(31)32)10-24(6-19)42-15-28(33)34)9-22(4-18)40-13-20-7-25(43-16-29(35)36)11-26(8-20)44-17-30(37)38/h3-11H,2,12-17H2,1H3,(H,31,32)(H,33,34)(H,35,36)(H,37,38). The van der Waals surface area contributed by atoms with Gasteiger partial charge in [0.1, 0.15) is 47.7 Å². The predicted octanol–water partition coefficient (Wildman–Crippen LogP) is 3.26. The lowest BCUT2D eigenvalue weighted by Gasteiger charge is -2.15. The van der Waals surface area contributed by atoms with Crippen LogP contribution < -0.4 is 28.4 Å². The van der Waals surface area contributed by atoms with E-state index in [4.69, 9.17) is 48.8 Å². The Labute approximate surface area is 250 Å². The van der Waals surface area contributed by atoms with Crippen molar-refractivity contribution in [3.63, 3.8) is 0 Å². The molecule has 0 atom stereocenters. The fourth-order valence-corrected chi connectivity index (χ4v) is 3.68. The maximum absolute atomic E-state index is 10.9. The summed E-state index contributed by atoms with van der Waals surface area (Å²) in [7, 11) is 0. The number of aliphatic carboxylic acids is 4. The molecule has 0 unspecified atom stereocenters. The number of carbonyl (C=O) groups is 4. The average molecular weight is 615 g/mol. The zero-order valence-corrected chi connectivity index (χ0v) is 23.5. The van der Waals surface area contributed by atoms with Gasteiger partial charge in [-0.3, -0.25) is 0 Å². The van der Waals surface area contributed by atoms with Crippen LogP contribution in [0.1, 0.15) is 23.6 Å². The lowest BCUT2D eigenvalue weighted by atomic mass is 10.1. The molecule has 0 saturated carbocycles. The van der Waals surface area contributed by atoms with Crippen LogP contribution in [0, 0.1) is 0 Å². The molecule has 4 N–H and O–H groups in total. The summed E-state index contributed by atoms with van der Waals surface area (Å²) >= 11 is 0. The Morgan fingerprint density at radius 1 is 0.432 bits per heavy atom. The van der Waals surface area contributed by atoms with E-state index >= 15 is 0 Å². The summed E-state index contributed by atoms with van der Waals surface area (Å²) in [4.78, 5) is 43.7. The normalized spacial score (nSPS) is 10.4. The van der Waals surface area contributed by atoms with Crippen LogP contribution in [0.15, 0.2) is 54.6 Å². The Bertz CT molecular complexity index is 1300. The number of aryl methyl sites for hydroxylation is 1. The molecule has 0 amide bonds. The summed E-state index contributed by atoms with van der Waals surface area (Å²) in [5, 5.41) is 35.7. The summed E-state index contributed by atoms with van der Waals surface area (Å²) in [6, 6.07) is 14.2. The van der Waals surface area contributed by atoms with Gasteiger partial charge < -0.3 is 48.8 Å². The molecule has 0 fully saturated rings. The van der Waals surface area contributed by atoms with Gasteiger partial charge in [0, 0.05) is 18.2 Å². The van der Waals surface area contributed by atoms with Gasteiger partial charge in [-0.1, -0.05) is 6.92 Å². The molecule has 14 nitrogen and oxygen atoms in total. The van der Waals surface area contributed by atoms with Gasteiger partial charge in [0.15, 0.2) is 26.4 Å². The Morgan fingerprint density at radius 3 is 0.932 bits per heavy atom. The van der Waals surface area contributed by atoms with Crippen LogP contribution in [-0.2, 0) is 38.8 Å². The van der Waals surface area contributed by atoms with Crippen molar-refractivity contribution in [3.05, 3.63) is 71.3 Å². The van der Waals surface area contributed by atoms with Crippen molar-refractivity contribution in [1.29, 1.82) is 0 Å². The van der Waals surface area contributed by atoms with E-state index in [2.05, 4.69) is 0 Å². The van der Waals surface area contributed by atoms with E-state index in [0.717, 1.165) is 5.56 Å². The molecule has 3 aromatic carbocycles. The second-order valence-corrected chi connectivity index (χ2v) is 9.10. The molecule has 14 heteroatoms. The van der Waals surface area contributed by atoms with Crippen LogP contribution in [-0.4, -0.2) is 70.7 Å². The van der Waals surface area contributed by atoms with Gasteiger partial charge in [-0.15, -0.1) is 0 Å². The number of ether oxygens (including phenoxy) is 6. The largest absolute Gasteiger partial charge is 0.489 e. The second-order valence-electron chi connectivity index (χ2n) is 9.10. The van der Waals surface area contributed by atoms with E-state index in [9.17, 15) is 19.2 Å². The molecule has 3 rings (SSSR count). The maximum Gasteiger partial charge on any atom is 0.341 e. The third-order valence-electron chi connectivity index (χ3n) is 5.49. The third-order valence-corrected chi connectivity index (χ3v) is 5.49. The molecule has 0 bridgehead atoms. The Hall–Kier alpha value is -5.66. The number of rotatable bonds is 19. The Morgan fingerprint density at radius 2 is 0.682 bits per heavy atom. The van der Waals surface area contributed by atoms with E-state index in [1.54, 1.807) is 42.5 Å². The van der Waals surface area contributed by atoms with E-state index < -0.39 is 50.3 Å². The van der Waals surface area contributed by atoms with Crippen molar-refractivity contribution < 1.29 is 68.0 Å². The highest BCUT2D eigenvalue weighted by atomic mass is 16.5. The van der Waals surface area contributed by atoms with E-state index in [-0.39, 0.29) is 36.2 Å². The summed E-state index contributed by atoms with van der Waals surface area (Å²) in [5.41, 5.74) is 1.92. The summed E-state index contributed by atoms with van der Waals surface area (Å²) in [6.45, 7) is -0.505. The lowest BCUT2D eigenvalue weighted by Crippen LogP contribution is -2.11. The fourth-order valence-electron chi connectivity index (χ4n) is 3.68. The molecule has 0 radical (unpaired) electrons. The number of carboxylic acids is 4. The number of benzene rings is 3. The molecule has 44 heavy (non-hydrogen) atoms. The van der Waals surface area contributed by atoms with Crippen molar-refractivity contribution in [2.24, 2.45) is 0 Å². The van der Waals surface area contributed by atoms with Gasteiger partial charge in [-0.25, -0.2) is 19.2 Å². The molecule has 0 aliphatic carbocycles. The number of hydrogen-bond acceptors (Lipinski definition) is 10. The molecule has 0 aliphatic heterocycles. The quantitative estimate of drug-likeness (QED) is 0.153. The minimum Gasteiger partial charge on any atom is -0.489 e. The van der Waals surface area contributed by atoms with Crippen LogP contribution in [0.5, 0.6) is 34.5 Å². The minimum atomic E-state index is -1.19. The minimum absolute atomic E-state index is 0.00640. The van der Waals surface area contributed by atoms with Gasteiger partial charge in [0.05, 0.1) is 0 Å². The van der Waals surface area contributed by atoms with Gasteiger partial charge in [0.2, 0.25) is 0 Å². The first-order valence-electron chi connectivity index (χ1n) is 13.0. The van der Waals surface area contributed by atoms with Crippen molar-refractivity contribution in [3.8, 4) is 34.5 Å². The molecular weight excluding hydrogens is 584 g/mol. The van der Waals surface area contributed by atoms with Gasteiger partial charge >= 0.3 is 23.9 Å². The highest BCUT2D eigenvalue weighted by Crippen LogP contribution is 2.29. The first kappa shape index (κ1) is 32.8. The average Bonchev–Trinajstić information content (AvgIpc) is 2.98. The van der Waals surface area contributed by atoms with Crippen LogP contribution >= 0.6 is 0 Å². The molecule has 234 valence electrons. The van der Waals surface area contributed by atoms with Crippen molar-refractivity contribution in [2.45, 2.75) is 26.6 Å². The van der Waals surface area contributed by atoms with Crippen molar-refractivity contribution >= 4 is 23.9 Å². The number of carboxylic acid groups (broad SMARTS) is 4. The van der Waals surface area contributed by atoms with Crippen LogP contribution in [0.25, 0.3) is 0 Å². The van der Waals surface area contributed by atoms with Crippen molar-refractivity contribution in [1.82, 2.24) is 0 Å². The predicted molar refractivity (Wildman–Crippen MR) is 150 cm³/mol. The SMILES string of the molecule is CCc1cc(OCc2cc(OCC(=O)O)cc(OCC(=O)O)c2)cc(OCc2cc(OCC(=O)O)cc(OCC(=O)O)c2)c1. The van der Waals surface area contributed by atoms with E-state index in [0.29, 0.717) is 29.0 Å². The summed E-state index contributed by atoms with van der Waals surface area (Å²) in [6.07, 6.45) is 0.644. The monoisotopic (exact) mass is 614 g/mol. The zero-order valence-electron chi connectivity index (χ0n) is 23.5. The lowest BCUT2D eigenvalue weighted by molar-refractivity contribution is -0.140. The van der Waals surface area contributed by atoms with E-state index in [1.165, 1.54) is 12.1 Å². The fraction of sp³-hybridized carbons (Fsp3) is 0.267. The Kier molecular flexibility index (Phi) is 12.0. The first-order valence-corrected chi connectivity index (χ1v) is 13.0. The molecule has 0 aromatic heterocycles. The molecule has 3 aromatic rings. The van der Waals surface area contributed by atoms with Crippen LogP contribution in [0.3, 0.4) is 0 Å². The highest BCUT2D eigenvalue weighted by Gasteiger charge is 2.11. The molecule has 0 aliphatic rings. The smallest absolute Gasteiger partial charge is 0.341 e. The van der Waals surface area contributed by atoms with Gasteiger partial charge in [0.25, 0.3) is 0 Å². The molecule has 0 spiro atoms. The third kappa shape index (κ3) is 11.7. The number of hydrogen-bond donors (Lipinski definition) is 4. The topological polar surface area (TPSA) is 205 Å². The molecular formula is C30H30O14. The first-order chi connectivity index (χ1) is 21.0. The molecule has 0 heterocycles. The Balaban J connectivity index is 1.76. The summed E-state index contributed by atoms with van der Waals surface area (Å²) in [5.74, 6) is -3.26. The second kappa shape index (κ2) is 16.1. The van der Waals surface area contributed by atoms with Crippen LogP contribution in [0.4, 0.5) is 0 Å². The zero-order chi connectivity index (χ0) is 32.1. The highest BCUT2D eigenvalue weighted by molar-refractivity contribution is 5.69. The van der Waals surface area contributed by atoms with E-state index in [1.807, 2.05) is 6.92 Å². The molecule has 0 saturated heterocycles. The van der Waals surface area contributed by atoms with Crippen molar-refractivity contribution in [2.75, 3.05) is 26.4 Å². The summed E-state index contributed by atoms with van der Waals surface area (Å²) < 4.78 is 32.8.